The summed E-state index contributed by atoms with van der Waals surface area (Å²) in [4.78, 5) is 32.9. The molecule has 1 amide bonds. The highest BCUT2D eigenvalue weighted by Crippen LogP contribution is 2.33. The first-order chi connectivity index (χ1) is 20.4. The van der Waals surface area contributed by atoms with Gasteiger partial charge in [0.2, 0.25) is 15.9 Å². The van der Waals surface area contributed by atoms with Crippen molar-refractivity contribution in [2.24, 2.45) is 0 Å². The molecule has 12 nitrogen and oxygen atoms in total. The van der Waals surface area contributed by atoms with Crippen LogP contribution >= 0.6 is 11.3 Å². The van der Waals surface area contributed by atoms with Crippen LogP contribution in [0.5, 0.6) is 0 Å². The van der Waals surface area contributed by atoms with Crippen LogP contribution in [0.4, 0.5) is 16.6 Å². The molecule has 3 aliphatic rings. The Morgan fingerprint density at radius 2 is 1.81 bits per heavy atom. The number of fused-ring (bicyclic) bond motifs is 1. The SMILES string of the molecule is C=CC(=O)N[C@H]1CCN(c2cccc(CS(=O)(=O)NC3CCN(c4nc5c(N6CCOCC6)ncnc5s4)CC3)c2)C1. The molecule has 6 rings (SSSR count). The van der Waals surface area contributed by atoms with E-state index in [0.29, 0.717) is 45.7 Å². The maximum atomic E-state index is 13.1. The number of anilines is 3. The number of hydrogen-bond donors (Lipinski definition) is 2. The van der Waals surface area contributed by atoms with Crippen LogP contribution in [0.2, 0.25) is 0 Å². The van der Waals surface area contributed by atoms with E-state index in [1.807, 2.05) is 24.3 Å². The number of ether oxygens (including phenoxy) is 1. The summed E-state index contributed by atoms with van der Waals surface area (Å²) in [6.45, 7) is 9.32. The molecule has 3 fully saturated rings. The van der Waals surface area contributed by atoms with Crippen molar-refractivity contribution >= 4 is 54.3 Å². The molecule has 0 aliphatic carbocycles. The Bertz CT molecular complexity index is 1530. The predicted octanol–water partition coefficient (Wildman–Crippen LogP) is 1.89. The average molecular weight is 613 g/mol. The molecule has 2 aromatic heterocycles. The number of hydrogen-bond acceptors (Lipinski definition) is 11. The molecule has 0 unspecified atom stereocenters. The third kappa shape index (κ3) is 6.66. The van der Waals surface area contributed by atoms with Crippen molar-refractivity contribution in [3.63, 3.8) is 0 Å². The minimum absolute atomic E-state index is 0.0536. The number of benzene rings is 1. The van der Waals surface area contributed by atoms with Crippen LogP contribution in [0.15, 0.2) is 43.2 Å². The summed E-state index contributed by atoms with van der Waals surface area (Å²) in [5.41, 5.74) is 2.52. The average Bonchev–Trinajstić information content (AvgIpc) is 3.65. The normalized spacial score (nSPS) is 20.3. The fourth-order valence-electron chi connectivity index (χ4n) is 5.79. The van der Waals surface area contributed by atoms with Gasteiger partial charge in [-0.2, -0.15) is 0 Å². The number of carbonyl (C=O) groups excluding carboxylic acids is 1. The number of amides is 1. The van der Waals surface area contributed by atoms with Gasteiger partial charge in [0.05, 0.1) is 19.0 Å². The van der Waals surface area contributed by atoms with Crippen molar-refractivity contribution in [1.29, 1.82) is 0 Å². The molecule has 3 aliphatic heterocycles. The Hall–Kier alpha value is -3.33. The fourth-order valence-corrected chi connectivity index (χ4v) is 8.19. The fraction of sp³-hybridized carbons (Fsp3) is 0.500. The van der Waals surface area contributed by atoms with Gasteiger partial charge in [-0.1, -0.05) is 30.0 Å². The maximum Gasteiger partial charge on any atom is 0.243 e. The Morgan fingerprint density at radius 1 is 1.05 bits per heavy atom. The molecule has 0 bridgehead atoms. The van der Waals surface area contributed by atoms with Gasteiger partial charge in [-0.15, -0.1) is 0 Å². The van der Waals surface area contributed by atoms with Gasteiger partial charge in [0.1, 0.15) is 11.8 Å². The molecule has 1 aromatic carbocycles. The summed E-state index contributed by atoms with van der Waals surface area (Å²) in [6, 6.07) is 7.58. The van der Waals surface area contributed by atoms with Gasteiger partial charge in [-0.25, -0.2) is 28.1 Å². The first-order valence-electron chi connectivity index (χ1n) is 14.3. The van der Waals surface area contributed by atoms with E-state index < -0.39 is 10.0 Å². The lowest BCUT2D eigenvalue weighted by atomic mass is 10.1. The molecular weight excluding hydrogens is 576 g/mol. The van der Waals surface area contributed by atoms with Gasteiger partial charge in [0.25, 0.3) is 0 Å². The largest absolute Gasteiger partial charge is 0.378 e. The van der Waals surface area contributed by atoms with Crippen LogP contribution in [-0.2, 0) is 25.3 Å². The standard InChI is InChI=1S/C28H36N8O4S2/c1-2-24(37)31-22-8-11-36(17-22)23-5-3-4-20(16-23)18-42(38,39)33-21-6-9-35(10-7-21)28-32-25-26(29-19-30-27(25)41-28)34-12-14-40-15-13-34/h2-5,16,19,21-22,33H,1,6-15,17-18H2,(H,31,37)/t22-/m0/s1. The van der Waals surface area contributed by atoms with Crippen molar-refractivity contribution in [2.75, 3.05) is 67.2 Å². The zero-order valence-corrected chi connectivity index (χ0v) is 25.1. The first kappa shape index (κ1) is 28.8. The number of sulfonamides is 1. The topological polar surface area (TPSA) is 133 Å². The van der Waals surface area contributed by atoms with E-state index in [1.54, 1.807) is 17.7 Å². The van der Waals surface area contributed by atoms with E-state index in [2.05, 4.69) is 41.3 Å². The zero-order valence-electron chi connectivity index (χ0n) is 23.4. The summed E-state index contributed by atoms with van der Waals surface area (Å²) in [5, 5.41) is 3.83. The lowest BCUT2D eigenvalue weighted by Gasteiger charge is -2.32. The van der Waals surface area contributed by atoms with E-state index in [0.717, 1.165) is 58.6 Å². The minimum atomic E-state index is -3.53. The lowest BCUT2D eigenvalue weighted by Crippen LogP contribution is -2.45. The van der Waals surface area contributed by atoms with E-state index in [9.17, 15) is 13.2 Å². The third-order valence-corrected chi connectivity index (χ3v) is 10.4. The predicted molar refractivity (Wildman–Crippen MR) is 165 cm³/mol. The number of nitrogens with zero attached hydrogens (tertiary/aromatic N) is 6. The zero-order chi connectivity index (χ0) is 29.1. The maximum absolute atomic E-state index is 13.1. The van der Waals surface area contributed by atoms with E-state index >= 15 is 0 Å². The molecule has 0 saturated carbocycles. The number of thiazole rings is 1. The number of rotatable bonds is 9. The second-order valence-electron chi connectivity index (χ2n) is 10.9. The van der Waals surface area contributed by atoms with E-state index in [-0.39, 0.29) is 23.7 Å². The monoisotopic (exact) mass is 612 g/mol. The molecule has 5 heterocycles. The van der Waals surface area contributed by atoms with Gasteiger partial charge >= 0.3 is 0 Å². The van der Waals surface area contributed by atoms with Crippen molar-refractivity contribution < 1.29 is 17.9 Å². The van der Waals surface area contributed by atoms with Crippen molar-refractivity contribution in [3.05, 3.63) is 48.8 Å². The Balaban J connectivity index is 1.04. The second-order valence-corrected chi connectivity index (χ2v) is 13.6. The van der Waals surface area contributed by atoms with Gasteiger partial charge < -0.3 is 24.8 Å². The highest BCUT2D eigenvalue weighted by Gasteiger charge is 2.28. The number of aromatic nitrogens is 3. The molecular formula is C28H36N8O4S2. The molecule has 42 heavy (non-hydrogen) atoms. The first-order valence-corrected chi connectivity index (χ1v) is 16.8. The number of nitrogens with one attached hydrogen (secondary N) is 2. The van der Waals surface area contributed by atoms with Crippen LogP contribution in [0, 0.1) is 0 Å². The smallest absolute Gasteiger partial charge is 0.243 e. The summed E-state index contributed by atoms with van der Waals surface area (Å²) < 4.78 is 34.7. The number of carbonyl (C=O) groups is 1. The Morgan fingerprint density at radius 3 is 2.60 bits per heavy atom. The molecule has 3 aromatic rings. The highest BCUT2D eigenvalue weighted by atomic mass is 32.2. The summed E-state index contributed by atoms with van der Waals surface area (Å²) in [6.07, 6.45) is 5.11. The number of piperidine rings is 1. The lowest BCUT2D eigenvalue weighted by molar-refractivity contribution is -0.117. The Labute approximate surface area is 249 Å². The summed E-state index contributed by atoms with van der Waals surface area (Å²) in [7, 11) is -3.53. The van der Waals surface area contributed by atoms with Crippen LogP contribution < -0.4 is 24.7 Å². The quantitative estimate of drug-likeness (QED) is 0.345. The van der Waals surface area contributed by atoms with Crippen LogP contribution in [-0.4, -0.2) is 93.8 Å². The van der Waals surface area contributed by atoms with Crippen molar-refractivity contribution in [3.8, 4) is 0 Å². The molecule has 14 heteroatoms. The van der Waals surface area contributed by atoms with Crippen molar-refractivity contribution in [1.82, 2.24) is 25.0 Å². The molecule has 0 spiro atoms. The van der Waals surface area contributed by atoms with Gasteiger partial charge in [0, 0.05) is 57.0 Å². The summed E-state index contributed by atoms with van der Waals surface area (Å²) >= 11 is 1.55. The summed E-state index contributed by atoms with van der Waals surface area (Å²) in [5.74, 6) is 0.597. The van der Waals surface area contributed by atoms with Crippen molar-refractivity contribution in [2.45, 2.75) is 37.1 Å². The second kappa shape index (κ2) is 12.5. The van der Waals surface area contributed by atoms with Crippen LogP contribution in [0.1, 0.15) is 24.8 Å². The third-order valence-electron chi connectivity index (χ3n) is 7.94. The number of morpholine rings is 1. The molecule has 224 valence electrons. The van der Waals surface area contributed by atoms with Gasteiger partial charge in [0.15, 0.2) is 15.8 Å². The highest BCUT2D eigenvalue weighted by molar-refractivity contribution is 7.88. The molecule has 3 saturated heterocycles. The molecule has 2 N–H and O–H groups in total. The van der Waals surface area contributed by atoms with E-state index in [1.165, 1.54) is 6.08 Å². The van der Waals surface area contributed by atoms with Gasteiger partial charge in [-0.05, 0) is 43.0 Å². The minimum Gasteiger partial charge on any atom is -0.378 e. The van der Waals surface area contributed by atoms with Crippen LogP contribution in [0.3, 0.4) is 0 Å². The van der Waals surface area contributed by atoms with Crippen LogP contribution in [0.25, 0.3) is 10.3 Å². The molecule has 1 atom stereocenters. The van der Waals surface area contributed by atoms with Gasteiger partial charge in [-0.3, -0.25) is 4.79 Å². The van der Waals surface area contributed by atoms with E-state index in [4.69, 9.17) is 9.72 Å². The Kier molecular flexibility index (Phi) is 8.56. The molecule has 0 radical (unpaired) electrons.